The van der Waals surface area contributed by atoms with Crippen LogP contribution in [0.5, 0.6) is 0 Å². The molecule has 13 nitrogen and oxygen atoms in total. The first-order chi connectivity index (χ1) is 12.9. The molecule has 28 heavy (non-hydrogen) atoms. The summed E-state index contributed by atoms with van der Waals surface area (Å²) in [4.78, 5) is 11.3. The number of hydrogen-bond donors (Lipinski definition) is 5. The Labute approximate surface area is 160 Å². The second-order valence-electron chi connectivity index (χ2n) is 6.63. The number of rotatable bonds is 6. The number of carboxylic acids is 1. The fourth-order valence-corrected chi connectivity index (χ4v) is 3.68. The number of carboxylic acid groups (broad SMARTS) is 1. The highest BCUT2D eigenvalue weighted by Crippen LogP contribution is 2.32. The van der Waals surface area contributed by atoms with Crippen molar-refractivity contribution in [3.05, 3.63) is 0 Å². The lowest BCUT2D eigenvalue weighted by Gasteiger charge is -2.45. The molecule has 0 bridgehead atoms. The number of hydrogen-bond acceptors (Lipinski definition) is 11. The van der Waals surface area contributed by atoms with Gasteiger partial charge in [-0.05, 0) is 6.92 Å². The quantitative estimate of drug-likeness (QED) is 0.276. The highest BCUT2D eigenvalue weighted by Gasteiger charge is 2.52. The first kappa shape index (κ1) is 23.3. The summed E-state index contributed by atoms with van der Waals surface area (Å²) in [6.07, 6.45) is -13.8. The molecule has 2 fully saturated rings. The average Bonchev–Trinajstić information content (AvgIpc) is 2.59. The lowest BCUT2D eigenvalue weighted by atomic mass is 9.90. The van der Waals surface area contributed by atoms with E-state index in [9.17, 15) is 33.6 Å². The molecule has 0 saturated carbocycles. The predicted molar refractivity (Wildman–Crippen MR) is 86.1 cm³/mol. The molecule has 3 unspecified atom stereocenters. The van der Waals surface area contributed by atoms with Gasteiger partial charge in [-0.2, -0.15) is 8.42 Å². The maximum atomic E-state index is 11.3. The van der Waals surface area contributed by atoms with Gasteiger partial charge in [0.2, 0.25) is 0 Å². The van der Waals surface area contributed by atoms with Crippen LogP contribution in [0.1, 0.15) is 13.8 Å². The first-order valence-corrected chi connectivity index (χ1v) is 9.65. The van der Waals surface area contributed by atoms with Gasteiger partial charge in [0, 0.05) is 13.0 Å². The third-order valence-electron chi connectivity index (χ3n) is 4.68. The number of methoxy groups -OCH3 is 1. The summed E-state index contributed by atoms with van der Waals surface area (Å²) in [7, 11) is -3.86. The maximum absolute atomic E-state index is 11.3. The molecule has 2 saturated heterocycles. The Kier molecular flexibility index (Phi) is 7.36. The largest absolute Gasteiger partial charge is 0.479 e. The minimum atomic E-state index is -5.04. The van der Waals surface area contributed by atoms with Gasteiger partial charge < -0.3 is 39.4 Å². The van der Waals surface area contributed by atoms with E-state index >= 15 is 0 Å². The van der Waals surface area contributed by atoms with Crippen molar-refractivity contribution in [2.45, 2.75) is 69.2 Å². The van der Waals surface area contributed by atoms with Gasteiger partial charge in [-0.1, -0.05) is 6.92 Å². The summed E-state index contributed by atoms with van der Waals surface area (Å²) in [6, 6.07) is 0. The van der Waals surface area contributed by atoms with Gasteiger partial charge >= 0.3 is 16.4 Å². The monoisotopic (exact) mass is 432 g/mol. The van der Waals surface area contributed by atoms with Crippen molar-refractivity contribution >= 4 is 16.4 Å². The normalized spacial score (nSPS) is 45.0. The Morgan fingerprint density at radius 1 is 0.964 bits per heavy atom. The van der Waals surface area contributed by atoms with Gasteiger partial charge in [0.1, 0.15) is 24.4 Å². The molecule has 2 heterocycles. The van der Waals surface area contributed by atoms with Crippen LogP contribution in [-0.4, -0.2) is 102 Å². The maximum Gasteiger partial charge on any atom is 0.397 e. The third-order valence-corrected chi connectivity index (χ3v) is 5.14. The van der Waals surface area contributed by atoms with Crippen molar-refractivity contribution in [2.24, 2.45) is 5.92 Å². The van der Waals surface area contributed by atoms with E-state index in [1.807, 2.05) is 0 Å². The Hall–Kier alpha value is -0.940. The SMILES string of the molecule is COC1OC(C)[C@H](O[C@@H]2OC(C(=O)O)[C@@H](C)[C@H](O)[C@H]2O)[C@@H](OS(=O)(=O)O)[C@@H]1O. The van der Waals surface area contributed by atoms with Crippen molar-refractivity contribution in [3.8, 4) is 0 Å². The molecule has 0 amide bonds. The third kappa shape index (κ3) is 4.96. The minimum Gasteiger partial charge on any atom is -0.479 e. The van der Waals surface area contributed by atoms with Gasteiger partial charge in [0.05, 0.1) is 12.2 Å². The Balaban J connectivity index is 2.27. The van der Waals surface area contributed by atoms with E-state index in [1.54, 1.807) is 0 Å². The smallest absolute Gasteiger partial charge is 0.397 e. The topological polar surface area (TPSA) is 199 Å². The lowest BCUT2D eigenvalue weighted by Crippen LogP contribution is -2.63. The average molecular weight is 432 g/mol. The van der Waals surface area contributed by atoms with Crippen molar-refractivity contribution in [2.75, 3.05) is 7.11 Å². The molecule has 0 radical (unpaired) electrons. The molecule has 0 aromatic rings. The van der Waals surface area contributed by atoms with Crippen LogP contribution in [0.15, 0.2) is 0 Å². The Morgan fingerprint density at radius 3 is 2.07 bits per heavy atom. The number of carbonyl (C=O) groups is 1. The van der Waals surface area contributed by atoms with Crippen molar-refractivity contribution in [1.82, 2.24) is 0 Å². The molecule has 0 aromatic heterocycles. The molecular weight excluding hydrogens is 408 g/mol. The zero-order valence-electron chi connectivity index (χ0n) is 15.2. The Morgan fingerprint density at radius 2 is 1.57 bits per heavy atom. The first-order valence-electron chi connectivity index (χ1n) is 8.29. The zero-order valence-corrected chi connectivity index (χ0v) is 16.0. The molecule has 10 atom stereocenters. The fourth-order valence-electron chi connectivity index (χ4n) is 3.17. The molecule has 5 N–H and O–H groups in total. The standard InChI is InChI=1S/C14H24O13S/c1-4-6(15)7(16)14(25-9(4)12(18)19)26-10-5(2)24-13(23-3)8(17)11(10)27-28(20,21)22/h4-11,13-17H,1-3H3,(H,18,19)(H,20,21,22)/t4-,5?,6-,7+,8-,9?,10-,11-,13?,14-/m0/s1. The van der Waals surface area contributed by atoms with E-state index in [4.69, 9.17) is 23.5 Å². The minimum absolute atomic E-state index is 0.972. The van der Waals surface area contributed by atoms with Gasteiger partial charge in [0.15, 0.2) is 18.7 Å². The summed E-state index contributed by atoms with van der Waals surface area (Å²) < 4.78 is 56.7. The zero-order chi connectivity index (χ0) is 21.4. The van der Waals surface area contributed by atoms with E-state index in [0.717, 1.165) is 0 Å². The highest BCUT2D eigenvalue weighted by molar-refractivity contribution is 7.80. The van der Waals surface area contributed by atoms with Crippen molar-refractivity contribution < 1.29 is 61.3 Å². The lowest BCUT2D eigenvalue weighted by molar-refractivity contribution is -0.342. The van der Waals surface area contributed by atoms with Crippen molar-refractivity contribution in [1.29, 1.82) is 0 Å². The van der Waals surface area contributed by atoms with Crippen LogP contribution >= 0.6 is 0 Å². The molecule has 0 aromatic carbocycles. The van der Waals surface area contributed by atoms with Crippen LogP contribution in [0.4, 0.5) is 0 Å². The number of aliphatic hydroxyl groups excluding tert-OH is 3. The van der Waals surface area contributed by atoms with Gasteiger partial charge in [-0.25, -0.2) is 8.98 Å². The fraction of sp³-hybridized carbons (Fsp3) is 0.929. The number of aliphatic carboxylic acids is 1. The van der Waals surface area contributed by atoms with E-state index in [-0.39, 0.29) is 0 Å². The van der Waals surface area contributed by atoms with Gasteiger partial charge in [-0.15, -0.1) is 0 Å². The molecular formula is C14H24O13S. The van der Waals surface area contributed by atoms with E-state index < -0.39 is 77.6 Å². The molecule has 2 rings (SSSR count). The van der Waals surface area contributed by atoms with Crippen LogP contribution in [0.2, 0.25) is 0 Å². The summed E-state index contributed by atoms with van der Waals surface area (Å²) in [5.74, 6) is -2.38. The van der Waals surface area contributed by atoms with Crippen molar-refractivity contribution in [3.63, 3.8) is 0 Å². The number of aliphatic hydroxyl groups is 3. The van der Waals surface area contributed by atoms with Crippen LogP contribution in [0, 0.1) is 5.92 Å². The molecule has 14 heteroatoms. The van der Waals surface area contributed by atoms with Gasteiger partial charge in [-0.3, -0.25) is 4.55 Å². The van der Waals surface area contributed by atoms with Crippen LogP contribution < -0.4 is 0 Å². The summed E-state index contributed by atoms with van der Waals surface area (Å²) in [6.45, 7) is 2.75. The second kappa shape index (κ2) is 8.83. The van der Waals surface area contributed by atoms with E-state index in [0.29, 0.717) is 0 Å². The second-order valence-corrected chi connectivity index (χ2v) is 7.68. The number of ether oxygens (including phenoxy) is 4. The summed E-state index contributed by atoms with van der Waals surface area (Å²) in [5.41, 5.74) is 0. The van der Waals surface area contributed by atoms with E-state index in [2.05, 4.69) is 4.18 Å². The molecule has 0 spiro atoms. The summed E-state index contributed by atoms with van der Waals surface area (Å²) in [5, 5.41) is 39.7. The van der Waals surface area contributed by atoms with Crippen LogP contribution in [0.3, 0.4) is 0 Å². The Bertz CT molecular complexity index is 654. The molecule has 0 aliphatic carbocycles. The predicted octanol–water partition coefficient (Wildman–Crippen LogP) is -2.52. The van der Waals surface area contributed by atoms with E-state index in [1.165, 1.54) is 21.0 Å². The molecule has 164 valence electrons. The summed E-state index contributed by atoms with van der Waals surface area (Å²) >= 11 is 0. The molecule has 2 aliphatic rings. The van der Waals surface area contributed by atoms with Crippen LogP contribution in [0.25, 0.3) is 0 Å². The highest BCUT2D eigenvalue weighted by atomic mass is 32.3. The molecule has 2 aliphatic heterocycles. The van der Waals surface area contributed by atoms with Gasteiger partial charge in [0.25, 0.3) is 0 Å². The van der Waals surface area contributed by atoms with Crippen LogP contribution in [-0.2, 0) is 38.3 Å².